The lowest BCUT2D eigenvalue weighted by Crippen LogP contribution is -2.39. The van der Waals surface area contributed by atoms with Gasteiger partial charge in [-0.15, -0.1) is 0 Å². The molecule has 1 fully saturated rings. The largest absolute Gasteiger partial charge is 0.441 e. The third-order valence-electron chi connectivity index (χ3n) is 6.10. The minimum absolute atomic E-state index is 0.0443. The van der Waals surface area contributed by atoms with Crippen LogP contribution in [0.3, 0.4) is 0 Å². The Morgan fingerprint density at radius 1 is 1.19 bits per heavy atom. The highest BCUT2D eigenvalue weighted by molar-refractivity contribution is 5.86. The van der Waals surface area contributed by atoms with Crippen molar-refractivity contribution < 1.29 is 18.0 Å². The molecule has 6 nitrogen and oxygen atoms in total. The molecule has 0 radical (unpaired) electrons. The highest BCUT2D eigenvalue weighted by atomic mass is 19.3. The predicted molar refractivity (Wildman–Crippen MR) is 113 cm³/mol. The summed E-state index contributed by atoms with van der Waals surface area (Å²) in [6.07, 6.45) is 2.58. The zero-order valence-electron chi connectivity index (χ0n) is 17.7. The molecule has 0 saturated heterocycles. The van der Waals surface area contributed by atoms with Crippen LogP contribution in [0.2, 0.25) is 0 Å². The van der Waals surface area contributed by atoms with Gasteiger partial charge >= 0.3 is 0 Å². The lowest BCUT2D eigenvalue weighted by molar-refractivity contribution is -0.123. The maximum Gasteiger partial charge on any atom is 0.251 e. The number of carbonyl (C=O) groups is 1. The van der Waals surface area contributed by atoms with Gasteiger partial charge in [-0.1, -0.05) is 0 Å². The Balaban J connectivity index is 1.41. The fourth-order valence-corrected chi connectivity index (χ4v) is 4.35. The van der Waals surface area contributed by atoms with E-state index < -0.39 is 6.43 Å². The highest BCUT2D eigenvalue weighted by Crippen LogP contribution is 2.29. The van der Waals surface area contributed by atoms with Crippen LogP contribution in [-0.4, -0.2) is 51.9 Å². The molecule has 0 unspecified atom stereocenters. The number of aryl methyl sites for hydroxylation is 1. The SMILES string of the molecule is Cc1ncc(-c2ccc3nnc(CC(=O)C4CCC(N(C)CC(F)F)CC4)cc3c2)o1. The van der Waals surface area contributed by atoms with Gasteiger partial charge in [-0.05, 0) is 57.0 Å². The predicted octanol–water partition coefficient (Wildman–Crippen LogP) is 4.46. The molecule has 164 valence electrons. The van der Waals surface area contributed by atoms with E-state index >= 15 is 0 Å². The number of hydrogen-bond acceptors (Lipinski definition) is 6. The number of rotatable bonds is 7. The van der Waals surface area contributed by atoms with Gasteiger partial charge in [0.15, 0.2) is 11.7 Å². The van der Waals surface area contributed by atoms with E-state index in [4.69, 9.17) is 4.42 Å². The van der Waals surface area contributed by atoms with Gasteiger partial charge in [0.1, 0.15) is 5.78 Å². The lowest BCUT2D eigenvalue weighted by atomic mass is 9.82. The second-order valence-electron chi connectivity index (χ2n) is 8.33. The van der Waals surface area contributed by atoms with Crippen molar-refractivity contribution in [3.05, 3.63) is 42.0 Å². The molecule has 1 aromatic carbocycles. The van der Waals surface area contributed by atoms with Gasteiger partial charge in [-0.2, -0.15) is 10.2 Å². The van der Waals surface area contributed by atoms with Gasteiger partial charge in [0, 0.05) is 29.8 Å². The Hall–Kier alpha value is -2.74. The summed E-state index contributed by atoms with van der Waals surface area (Å²) in [6.45, 7) is 1.58. The van der Waals surface area contributed by atoms with E-state index in [1.165, 1.54) is 0 Å². The highest BCUT2D eigenvalue weighted by Gasteiger charge is 2.29. The number of carbonyl (C=O) groups excluding carboxylic acids is 1. The van der Waals surface area contributed by atoms with Crippen molar-refractivity contribution in [3.63, 3.8) is 0 Å². The Morgan fingerprint density at radius 2 is 1.97 bits per heavy atom. The third-order valence-corrected chi connectivity index (χ3v) is 6.10. The molecule has 1 aliphatic carbocycles. The number of ketones is 1. The van der Waals surface area contributed by atoms with Crippen LogP contribution in [0.25, 0.3) is 22.2 Å². The number of fused-ring (bicyclic) bond motifs is 1. The van der Waals surface area contributed by atoms with E-state index in [2.05, 4.69) is 15.2 Å². The average molecular weight is 428 g/mol. The third kappa shape index (κ3) is 5.12. The van der Waals surface area contributed by atoms with Crippen LogP contribution in [0, 0.1) is 12.8 Å². The first-order chi connectivity index (χ1) is 14.9. The minimum atomic E-state index is -2.33. The first-order valence-electron chi connectivity index (χ1n) is 10.6. The van der Waals surface area contributed by atoms with Crippen LogP contribution in [0.5, 0.6) is 0 Å². The Labute approximate surface area is 179 Å². The molecular formula is C23H26F2N4O2. The molecule has 0 spiro atoms. The molecule has 1 aliphatic rings. The summed E-state index contributed by atoms with van der Waals surface area (Å²) in [4.78, 5) is 18.7. The molecule has 8 heteroatoms. The Kier molecular flexibility index (Phi) is 6.36. The number of hydrogen-bond donors (Lipinski definition) is 0. The maximum atomic E-state index is 12.8. The smallest absolute Gasteiger partial charge is 0.251 e. The summed E-state index contributed by atoms with van der Waals surface area (Å²) < 4.78 is 30.8. The molecular weight excluding hydrogens is 402 g/mol. The summed E-state index contributed by atoms with van der Waals surface area (Å²) in [5.41, 5.74) is 2.28. The van der Waals surface area contributed by atoms with Gasteiger partial charge in [0.05, 0.1) is 30.4 Å². The van der Waals surface area contributed by atoms with Crippen molar-refractivity contribution in [1.29, 1.82) is 0 Å². The molecule has 0 bridgehead atoms. The molecule has 0 aliphatic heterocycles. The summed E-state index contributed by atoms with van der Waals surface area (Å²) in [7, 11) is 1.73. The minimum Gasteiger partial charge on any atom is -0.441 e. The van der Waals surface area contributed by atoms with E-state index in [0.717, 1.165) is 42.1 Å². The molecule has 2 heterocycles. The monoisotopic (exact) mass is 428 g/mol. The van der Waals surface area contributed by atoms with Crippen LogP contribution in [0.15, 0.2) is 34.9 Å². The standard InChI is InChI=1S/C23H26F2N4O2/c1-14-26-12-22(31-14)16-5-8-20-17(9-16)10-18(27-28-20)11-21(30)15-3-6-19(7-4-15)29(2)13-23(24)25/h5,8-10,12,15,19,23H,3-4,6-7,11,13H2,1-2H3. The van der Waals surface area contributed by atoms with Crippen molar-refractivity contribution in [2.24, 2.45) is 5.92 Å². The van der Waals surface area contributed by atoms with Crippen LogP contribution in [-0.2, 0) is 11.2 Å². The van der Waals surface area contributed by atoms with Gasteiger partial charge < -0.3 is 4.42 Å². The fraction of sp³-hybridized carbons (Fsp3) is 0.478. The van der Waals surface area contributed by atoms with E-state index in [1.807, 2.05) is 24.3 Å². The van der Waals surface area contributed by atoms with Crippen molar-refractivity contribution in [1.82, 2.24) is 20.1 Å². The number of benzene rings is 1. The maximum absolute atomic E-state index is 12.8. The molecule has 0 amide bonds. The van der Waals surface area contributed by atoms with Gasteiger partial charge in [-0.25, -0.2) is 13.8 Å². The van der Waals surface area contributed by atoms with Crippen LogP contribution in [0.1, 0.15) is 37.3 Å². The van der Waals surface area contributed by atoms with E-state index in [0.29, 0.717) is 17.3 Å². The normalized spacial score (nSPS) is 19.4. The quantitative estimate of drug-likeness (QED) is 0.553. The van der Waals surface area contributed by atoms with Crippen molar-refractivity contribution in [3.8, 4) is 11.3 Å². The summed E-state index contributed by atoms with van der Waals surface area (Å²) >= 11 is 0. The molecule has 1 saturated carbocycles. The number of nitrogens with zero attached hydrogens (tertiary/aromatic N) is 4. The van der Waals surface area contributed by atoms with E-state index in [-0.39, 0.29) is 30.7 Å². The van der Waals surface area contributed by atoms with Crippen LogP contribution in [0.4, 0.5) is 8.78 Å². The van der Waals surface area contributed by atoms with Gasteiger partial charge in [0.2, 0.25) is 0 Å². The van der Waals surface area contributed by atoms with Crippen molar-refractivity contribution >= 4 is 16.7 Å². The molecule has 0 atom stereocenters. The number of halogens is 2. The van der Waals surface area contributed by atoms with Crippen LogP contribution >= 0.6 is 0 Å². The first-order valence-corrected chi connectivity index (χ1v) is 10.6. The number of oxazole rings is 1. The first kappa shape index (κ1) is 21.5. The second kappa shape index (κ2) is 9.18. The average Bonchev–Trinajstić information content (AvgIpc) is 3.19. The van der Waals surface area contributed by atoms with Crippen LogP contribution < -0.4 is 0 Å². The second-order valence-corrected chi connectivity index (χ2v) is 8.33. The van der Waals surface area contributed by atoms with Gasteiger partial charge in [-0.3, -0.25) is 9.69 Å². The van der Waals surface area contributed by atoms with Crippen molar-refractivity contribution in [2.75, 3.05) is 13.6 Å². The van der Waals surface area contributed by atoms with Crippen molar-refractivity contribution in [2.45, 2.75) is 51.5 Å². The lowest BCUT2D eigenvalue weighted by Gasteiger charge is -2.34. The van der Waals surface area contributed by atoms with Gasteiger partial charge in [0.25, 0.3) is 6.43 Å². The topological polar surface area (TPSA) is 72.1 Å². The van der Waals surface area contributed by atoms with E-state index in [1.54, 1.807) is 25.1 Å². The summed E-state index contributed by atoms with van der Waals surface area (Å²) in [5.74, 6) is 1.38. The zero-order chi connectivity index (χ0) is 22.0. The molecule has 0 N–H and O–H groups in total. The molecule has 4 rings (SSSR count). The number of alkyl halides is 2. The Bertz CT molecular complexity index is 1060. The Morgan fingerprint density at radius 3 is 2.65 bits per heavy atom. The molecule has 2 aromatic heterocycles. The summed E-state index contributed by atoms with van der Waals surface area (Å²) in [5, 5.41) is 9.37. The zero-order valence-corrected chi connectivity index (χ0v) is 17.7. The van der Waals surface area contributed by atoms with E-state index in [9.17, 15) is 13.6 Å². The summed E-state index contributed by atoms with van der Waals surface area (Å²) in [6, 6.07) is 7.76. The molecule has 31 heavy (non-hydrogen) atoms. The fourth-order valence-electron chi connectivity index (χ4n) is 4.35. The molecule has 3 aromatic rings. The number of Topliss-reactive ketones (excluding diaryl/α,β-unsaturated/α-hetero) is 1. The number of aromatic nitrogens is 3.